The normalized spacial score (nSPS) is 10.2. The summed E-state index contributed by atoms with van der Waals surface area (Å²) in [4.78, 5) is 22.5. The van der Waals surface area contributed by atoms with Gasteiger partial charge in [-0.2, -0.15) is 0 Å². The summed E-state index contributed by atoms with van der Waals surface area (Å²) in [6.45, 7) is -0.135. The lowest BCUT2D eigenvalue weighted by molar-refractivity contribution is -0.116. The number of carbonyl (C=O) groups is 2. The topological polar surface area (TPSA) is 106 Å². The van der Waals surface area contributed by atoms with E-state index in [4.69, 9.17) is 9.84 Å². The summed E-state index contributed by atoms with van der Waals surface area (Å²) >= 11 is 3.31. The van der Waals surface area contributed by atoms with Gasteiger partial charge in [-0.25, -0.2) is 9.48 Å². The van der Waals surface area contributed by atoms with Crippen LogP contribution < -0.4 is 10.1 Å². The van der Waals surface area contributed by atoms with E-state index in [9.17, 15) is 9.59 Å². The predicted octanol–water partition coefficient (Wildman–Crippen LogP) is 1.39. The van der Waals surface area contributed by atoms with E-state index in [1.54, 1.807) is 25.3 Å². The lowest BCUT2D eigenvalue weighted by atomic mass is 10.3. The maximum atomic E-state index is 11.8. The number of ether oxygens (including phenoxy) is 1. The number of nitrogens with one attached hydrogen (secondary N) is 1. The SMILES string of the molecule is COc1ccc(NC(=O)Cn2cc(C(=O)O)nn2)cc1Br. The minimum absolute atomic E-state index is 0.135. The first kappa shape index (κ1) is 15.0. The largest absolute Gasteiger partial charge is 0.496 e. The molecule has 0 aliphatic rings. The monoisotopic (exact) mass is 354 g/mol. The maximum Gasteiger partial charge on any atom is 0.358 e. The molecular weight excluding hydrogens is 344 g/mol. The van der Waals surface area contributed by atoms with Crippen molar-refractivity contribution in [3.8, 4) is 5.75 Å². The molecule has 0 atom stereocenters. The summed E-state index contributed by atoms with van der Waals surface area (Å²) in [6.07, 6.45) is 1.19. The minimum Gasteiger partial charge on any atom is -0.496 e. The number of aromatic carboxylic acids is 1. The summed E-state index contributed by atoms with van der Waals surface area (Å²) in [6, 6.07) is 5.09. The molecule has 0 aliphatic carbocycles. The number of hydrogen-bond acceptors (Lipinski definition) is 5. The van der Waals surface area contributed by atoms with Crippen LogP contribution in [-0.4, -0.2) is 39.1 Å². The molecular formula is C12H11BrN4O4. The number of carboxylic acid groups (broad SMARTS) is 1. The van der Waals surface area contributed by atoms with Crippen molar-refractivity contribution >= 4 is 33.5 Å². The van der Waals surface area contributed by atoms with Gasteiger partial charge < -0.3 is 15.2 Å². The van der Waals surface area contributed by atoms with Crippen LogP contribution >= 0.6 is 15.9 Å². The fraction of sp³-hybridized carbons (Fsp3) is 0.167. The Morgan fingerprint density at radius 2 is 2.24 bits per heavy atom. The molecule has 1 heterocycles. The van der Waals surface area contributed by atoms with E-state index >= 15 is 0 Å². The molecule has 0 aliphatic heterocycles. The Balaban J connectivity index is 2.01. The van der Waals surface area contributed by atoms with Gasteiger partial charge in [0.2, 0.25) is 5.91 Å². The highest BCUT2D eigenvalue weighted by Gasteiger charge is 2.11. The van der Waals surface area contributed by atoms with Crippen LogP contribution in [0.3, 0.4) is 0 Å². The fourth-order valence-electron chi connectivity index (χ4n) is 1.57. The summed E-state index contributed by atoms with van der Waals surface area (Å²) < 4.78 is 6.94. The second-order valence-electron chi connectivity index (χ2n) is 4.00. The number of anilines is 1. The molecule has 21 heavy (non-hydrogen) atoms. The molecule has 1 aromatic carbocycles. The average Bonchev–Trinajstić information content (AvgIpc) is 2.87. The first-order valence-electron chi connectivity index (χ1n) is 5.76. The molecule has 1 aromatic heterocycles. The second kappa shape index (κ2) is 6.35. The van der Waals surface area contributed by atoms with Gasteiger partial charge in [0.25, 0.3) is 0 Å². The number of benzene rings is 1. The second-order valence-corrected chi connectivity index (χ2v) is 4.86. The van der Waals surface area contributed by atoms with Crippen molar-refractivity contribution in [2.45, 2.75) is 6.54 Å². The van der Waals surface area contributed by atoms with Crippen molar-refractivity contribution < 1.29 is 19.4 Å². The molecule has 2 N–H and O–H groups in total. The van der Waals surface area contributed by atoms with Crippen LogP contribution in [0, 0.1) is 0 Å². The van der Waals surface area contributed by atoms with E-state index in [2.05, 4.69) is 31.6 Å². The van der Waals surface area contributed by atoms with Crippen molar-refractivity contribution in [2.24, 2.45) is 0 Å². The minimum atomic E-state index is -1.19. The molecule has 0 bridgehead atoms. The molecule has 110 valence electrons. The van der Waals surface area contributed by atoms with Gasteiger partial charge in [0.05, 0.1) is 17.8 Å². The Morgan fingerprint density at radius 3 is 2.81 bits per heavy atom. The van der Waals surface area contributed by atoms with E-state index < -0.39 is 5.97 Å². The number of carboxylic acids is 1. The third-order valence-corrected chi connectivity index (χ3v) is 3.12. The highest BCUT2D eigenvalue weighted by molar-refractivity contribution is 9.10. The lowest BCUT2D eigenvalue weighted by Crippen LogP contribution is -2.19. The average molecular weight is 355 g/mol. The first-order chi connectivity index (χ1) is 9.99. The Hall–Kier alpha value is -2.42. The van der Waals surface area contributed by atoms with Crippen molar-refractivity contribution in [3.63, 3.8) is 0 Å². The predicted molar refractivity (Wildman–Crippen MR) is 76.3 cm³/mol. The van der Waals surface area contributed by atoms with Gasteiger partial charge in [0, 0.05) is 5.69 Å². The van der Waals surface area contributed by atoms with E-state index in [0.29, 0.717) is 15.9 Å². The van der Waals surface area contributed by atoms with Crippen molar-refractivity contribution in [3.05, 3.63) is 34.6 Å². The third-order valence-electron chi connectivity index (χ3n) is 2.50. The van der Waals surface area contributed by atoms with E-state index in [1.807, 2.05) is 0 Å². The van der Waals surface area contributed by atoms with Crippen LogP contribution in [-0.2, 0) is 11.3 Å². The van der Waals surface area contributed by atoms with Crippen LogP contribution in [0.25, 0.3) is 0 Å². The number of hydrogen-bond donors (Lipinski definition) is 2. The number of nitrogens with zero attached hydrogens (tertiary/aromatic N) is 3. The zero-order chi connectivity index (χ0) is 15.4. The zero-order valence-electron chi connectivity index (χ0n) is 10.9. The van der Waals surface area contributed by atoms with Gasteiger partial charge in [-0.05, 0) is 34.1 Å². The standard InChI is InChI=1S/C12H11BrN4O4/c1-21-10-3-2-7(4-8(10)13)14-11(18)6-17-5-9(12(19)20)15-16-17/h2-5H,6H2,1H3,(H,14,18)(H,19,20). The molecule has 2 aromatic rings. The number of aromatic nitrogens is 3. The summed E-state index contributed by atoms with van der Waals surface area (Å²) in [7, 11) is 1.54. The quantitative estimate of drug-likeness (QED) is 0.840. The van der Waals surface area contributed by atoms with Gasteiger partial charge in [0.15, 0.2) is 5.69 Å². The third kappa shape index (κ3) is 3.78. The van der Waals surface area contributed by atoms with Crippen LogP contribution in [0.4, 0.5) is 5.69 Å². The Morgan fingerprint density at radius 1 is 1.48 bits per heavy atom. The van der Waals surface area contributed by atoms with Crippen LogP contribution in [0.5, 0.6) is 5.75 Å². The highest BCUT2D eigenvalue weighted by Crippen LogP contribution is 2.27. The van der Waals surface area contributed by atoms with Gasteiger partial charge >= 0.3 is 5.97 Å². The Kier molecular flexibility index (Phi) is 4.53. The van der Waals surface area contributed by atoms with E-state index in [0.717, 1.165) is 4.68 Å². The Bertz CT molecular complexity index is 686. The maximum absolute atomic E-state index is 11.8. The molecule has 9 heteroatoms. The molecule has 1 amide bonds. The number of carbonyl (C=O) groups excluding carboxylic acids is 1. The summed E-state index contributed by atoms with van der Waals surface area (Å²) in [5.74, 6) is -0.898. The van der Waals surface area contributed by atoms with Crippen molar-refractivity contribution in [2.75, 3.05) is 12.4 Å². The van der Waals surface area contributed by atoms with Crippen LogP contribution in [0.2, 0.25) is 0 Å². The van der Waals surface area contributed by atoms with E-state index in [-0.39, 0.29) is 18.1 Å². The van der Waals surface area contributed by atoms with Gasteiger partial charge in [-0.1, -0.05) is 5.21 Å². The number of amides is 1. The molecule has 0 spiro atoms. The molecule has 0 fully saturated rings. The molecule has 8 nitrogen and oxygen atoms in total. The number of rotatable bonds is 5. The molecule has 0 radical (unpaired) electrons. The van der Waals surface area contributed by atoms with Crippen molar-refractivity contribution in [1.29, 1.82) is 0 Å². The van der Waals surface area contributed by atoms with Gasteiger partial charge in [-0.15, -0.1) is 5.10 Å². The van der Waals surface area contributed by atoms with Gasteiger partial charge in [-0.3, -0.25) is 4.79 Å². The van der Waals surface area contributed by atoms with Crippen molar-refractivity contribution in [1.82, 2.24) is 15.0 Å². The highest BCUT2D eigenvalue weighted by atomic mass is 79.9. The van der Waals surface area contributed by atoms with Crippen LogP contribution in [0.1, 0.15) is 10.5 Å². The van der Waals surface area contributed by atoms with Gasteiger partial charge in [0.1, 0.15) is 12.3 Å². The molecule has 0 unspecified atom stereocenters. The molecule has 0 saturated carbocycles. The zero-order valence-corrected chi connectivity index (χ0v) is 12.5. The summed E-state index contributed by atoms with van der Waals surface area (Å²) in [5.41, 5.74) is 0.362. The summed E-state index contributed by atoms with van der Waals surface area (Å²) in [5, 5.41) is 18.4. The van der Waals surface area contributed by atoms with E-state index in [1.165, 1.54) is 6.20 Å². The number of halogens is 1. The Labute approximate surface area is 127 Å². The van der Waals surface area contributed by atoms with Crippen LogP contribution in [0.15, 0.2) is 28.9 Å². The number of methoxy groups -OCH3 is 1. The molecule has 2 rings (SSSR count). The molecule has 0 saturated heterocycles. The lowest BCUT2D eigenvalue weighted by Gasteiger charge is -2.08. The smallest absolute Gasteiger partial charge is 0.358 e. The fourth-order valence-corrected chi connectivity index (χ4v) is 2.11. The first-order valence-corrected chi connectivity index (χ1v) is 6.55.